The van der Waals surface area contributed by atoms with Gasteiger partial charge in [0.2, 0.25) is 5.95 Å². The zero-order valence-corrected chi connectivity index (χ0v) is 17.9. The van der Waals surface area contributed by atoms with Crippen molar-refractivity contribution in [3.05, 3.63) is 70.4 Å². The summed E-state index contributed by atoms with van der Waals surface area (Å²) in [6.45, 7) is 2.68. The standard InChI is InChI=1S/C23H24N6OS/c30-21(19-15-31-22(26-19)16-8-12-24-13-9-16)28-23-27-18-6-1-2-7-20(18)29(23)14-10-17-5-3-4-11-25-17/h1-7,11,15-16,24H,8-10,12-14H2,(H,27,28,30). The maximum Gasteiger partial charge on any atom is 0.277 e. The van der Waals surface area contributed by atoms with E-state index >= 15 is 0 Å². The van der Waals surface area contributed by atoms with Gasteiger partial charge in [0.05, 0.1) is 16.0 Å². The lowest BCUT2D eigenvalue weighted by Crippen LogP contribution is -2.26. The van der Waals surface area contributed by atoms with Gasteiger partial charge in [0, 0.05) is 36.2 Å². The normalized spacial score (nSPS) is 14.7. The van der Waals surface area contributed by atoms with Gasteiger partial charge >= 0.3 is 0 Å². The highest BCUT2D eigenvalue weighted by Gasteiger charge is 2.21. The summed E-state index contributed by atoms with van der Waals surface area (Å²) in [6, 6.07) is 13.8. The van der Waals surface area contributed by atoms with E-state index in [0.29, 0.717) is 24.1 Å². The second kappa shape index (κ2) is 8.95. The van der Waals surface area contributed by atoms with Gasteiger partial charge in [-0.05, 0) is 50.2 Å². The average molecular weight is 433 g/mol. The third-order valence-corrected chi connectivity index (χ3v) is 6.65. The first-order chi connectivity index (χ1) is 15.3. The van der Waals surface area contributed by atoms with Gasteiger partial charge in [0.1, 0.15) is 5.69 Å². The predicted octanol–water partition coefficient (Wildman–Crippen LogP) is 3.85. The molecule has 1 aromatic carbocycles. The number of nitrogens with zero attached hydrogens (tertiary/aromatic N) is 4. The Kier molecular flexibility index (Phi) is 5.73. The van der Waals surface area contributed by atoms with Gasteiger partial charge in [0.15, 0.2) is 0 Å². The number of aryl methyl sites for hydroxylation is 2. The summed E-state index contributed by atoms with van der Waals surface area (Å²) in [5.74, 6) is 0.764. The van der Waals surface area contributed by atoms with Crippen LogP contribution in [0.25, 0.3) is 11.0 Å². The molecule has 1 fully saturated rings. The molecule has 0 atom stereocenters. The lowest BCUT2D eigenvalue weighted by molar-refractivity contribution is 0.102. The molecule has 0 radical (unpaired) electrons. The minimum atomic E-state index is -0.217. The number of benzene rings is 1. The maximum atomic E-state index is 13.0. The molecule has 0 bridgehead atoms. The summed E-state index contributed by atoms with van der Waals surface area (Å²) in [5, 5.41) is 9.27. The number of anilines is 1. The largest absolute Gasteiger partial charge is 0.317 e. The predicted molar refractivity (Wildman–Crippen MR) is 123 cm³/mol. The van der Waals surface area contributed by atoms with Crippen LogP contribution in [0.5, 0.6) is 0 Å². The summed E-state index contributed by atoms with van der Waals surface area (Å²) in [5.41, 5.74) is 3.31. The Balaban J connectivity index is 1.37. The smallest absolute Gasteiger partial charge is 0.277 e. The lowest BCUT2D eigenvalue weighted by atomic mass is 9.99. The van der Waals surface area contributed by atoms with Crippen molar-refractivity contribution >= 4 is 34.2 Å². The average Bonchev–Trinajstić information content (AvgIpc) is 3.44. The van der Waals surface area contributed by atoms with Crippen LogP contribution in [0.15, 0.2) is 54.0 Å². The van der Waals surface area contributed by atoms with E-state index in [2.05, 4.69) is 25.6 Å². The molecule has 1 aliphatic heterocycles. The number of thiazole rings is 1. The van der Waals surface area contributed by atoms with E-state index in [1.54, 1.807) is 17.5 Å². The molecule has 158 valence electrons. The molecule has 4 aromatic rings. The molecule has 31 heavy (non-hydrogen) atoms. The minimum absolute atomic E-state index is 0.217. The van der Waals surface area contributed by atoms with Gasteiger partial charge in [-0.1, -0.05) is 18.2 Å². The van der Waals surface area contributed by atoms with Crippen LogP contribution < -0.4 is 10.6 Å². The summed E-state index contributed by atoms with van der Waals surface area (Å²) >= 11 is 1.58. The number of carbonyl (C=O) groups excluding carboxylic acids is 1. The van der Waals surface area contributed by atoms with Crippen molar-refractivity contribution in [3.63, 3.8) is 0 Å². The van der Waals surface area contributed by atoms with E-state index in [9.17, 15) is 4.79 Å². The Morgan fingerprint density at radius 2 is 1.97 bits per heavy atom. The summed E-state index contributed by atoms with van der Waals surface area (Å²) in [7, 11) is 0. The van der Waals surface area contributed by atoms with Crippen molar-refractivity contribution in [2.45, 2.75) is 31.7 Å². The number of hydrogen-bond acceptors (Lipinski definition) is 6. The quantitative estimate of drug-likeness (QED) is 0.483. The number of nitrogens with one attached hydrogen (secondary N) is 2. The number of carbonyl (C=O) groups is 1. The molecule has 2 N–H and O–H groups in total. The molecule has 0 saturated carbocycles. The van der Waals surface area contributed by atoms with Crippen LogP contribution in [0.4, 0.5) is 5.95 Å². The third kappa shape index (κ3) is 4.35. The summed E-state index contributed by atoms with van der Waals surface area (Å²) in [4.78, 5) is 26.7. The number of hydrogen-bond donors (Lipinski definition) is 2. The fraction of sp³-hybridized carbons (Fsp3) is 0.304. The van der Waals surface area contributed by atoms with E-state index < -0.39 is 0 Å². The molecule has 0 aliphatic carbocycles. The van der Waals surface area contributed by atoms with Gasteiger partial charge in [-0.15, -0.1) is 11.3 Å². The lowest BCUT2D eigenvalue weighted by Gasteiger charge is -2.20. The second-order valence-electron chi connectivity index (χ2n) is 7.70. The molecular formula is C23H24N6OS. The SMILES string of the molecule is O=C(Nc1nc2ccccc2n1CCc1ccccn1)c1csc(C2CCNCC2)n1. The number of rotatable bonds is 6. The van der Waals surface area contributed by atoms with Gasteiger partial charge in [0.25, 0.3) is 5.91 Å². The Hall–Kier alpha value is -3.10. The molecule has 0 unspecified atom stereocenters. The highest BCUT2D eigenvalue weighted by molar-refractivity contribution is 7.10. The molecule has 3 aromatic heterocycles. The highest BCUT2D eigenvalue weighted by atomic mass is 32.1. The van der Waals surface area contributed by atoms with Crippen molar-refractivity contribution in [1.29, 1.82) is 0 Å². The van der Waals surface area contributed by atoms with Crippen molar-refractivity contribution in [3.8, 4) is 0 Å². The van der Waals surface area contributed by atoms with E-state index in [1.165, 1.54) is 0 Å². The molecule has 5 rings (SSSR count). The highest BCUT2D eigenvalue weighted by Crippen LogP contribution is 2.28. The zero-order valence-electron chi connectivity index (χ0n) is 17.1. The molecule has 7 nitrogen and oxygen atoms in total. The molecule has 1 amide bonds. The molecule has 8 heteroatoms. The van der Waals surface area contributed by atoms with E-state index in [0.717, 1.165) is 54.1 Å². The van der Waals surface area contributed by atoms with Crippen molar-refractivity contribution in [2.24, 2.45) is 0 Å². The second-order valence-corrected chi connectivity index (χ2v) is 8.59. The monoisotopic (exact) mass is 432 g/mol. The first-order valence-electron chi connectivity index (χ1n) is 10.6. The number of pyridine rings is 1. The number of fused-ring (bicyclic) bond motifs is 1. The van der Waals surface area contributed by atoms with E-state index in [4.69, 9.17) is 0 Å². The van der Waals surface area contributed by atoms with Gasteiger partial charge in [-0.25, -0.2) is 9.97 Å². The Morgan fingerprint density at radius 1 is 1.13 bits per heavy atom. The van der Waals surface area contributed by atoms with Crippen LogP contribution in [0.2, 0.25) is 0 Å². The van der Waals surface area contributed by atoms with Crippen molar-refractivity contribution in [2.75, 3.05) is 18.4 Å². The topological polar surface area (TPSA) is 84.7 Å². The Labute approximate surface area is 184 Å². The zero-order chi connectivity index (χ0) is 21.0. The number of imidazole rings is 1. The van der Waals surface area contributed by atoms with Crippen LogP contribution in [0.1, 0.15) is 39.9 Å². The van der Waals surface area contributed by atoms with Crippen LogP contribution in [0, 0.1) is 0 Å². The molecule has 1 saturated heterocycles. The van der Waals surface area contributed by atoms with Crippen LogP contribution >= 0.6 is 11.3 Å². The van der Waals surface area contributed by atoms with Crippen molar-refractivity contribution in [1.82, 2.24) is 24.8 Å². The Bertz CT molecular complexity index is 1180. The number of piperidine rings is 1. The van der Waals surface area contributed by atoms with Gasteiger partial charge in [-0.2, -0.15) is 0 Å². The summed E-state index contributed by atoms with van der Waals surface area (Å²) in [6.07, 6.45) is 4.68. The fourth-order valence-corrected chi connectivity index (χ4v) is 4.95. The first kappa shape index (κ1) is 19.8. The summed E-state index contributed by atoms with van der Waals surface area (Å²) < 4.78 is 2.04. The Morgan fingerprint density at radius 3 is 2.81 bits per heavy atom. The molecule has 4 heterocycles. The van der Waals surface area contributed by atoms with Gasteiger partial charge < -0.3 is 9.88 Å². The fourth-order valence-electron chi connectivity index (χ4n) is 3.98. The molecule has 1 aliphatic rings. The first-order valence-corrected chi connectivity index (χ1v) is 11.5. The maximum absolute atomic E-state index is 13.0. The van der Waals surface area contributed by atoms with Crippen LogP contribution in [-0.2, 0) is 13.0 Å². The van der Waals surface area contributed by atoms with Crippen LogP contribution in [0.3, 0.4) is 0 Å². The third-order valence-electron chi connectivity index (χ3n) is 5.64. The van der Waals surface area contributed by atoms with Gasteiger partial charge in [-0.3, -0.25) is 15.1 Å². The van der Waals surface area contributed by atoms with E-state index in [-0.39, 0.29) is 5.91 Å². The van der Waals surface area contributed by atoms with Crippen LogP contribution in [-0.4, -0.2) is 38.5 Å². The molecular weight excluding hydrogens is 408 g/mol. The number of para-hydroxylation sites is 2. The number of amides is 1. The minimum Gasteiger partial charge on any atom is -0.317 e. The van der Waals surface area contributed by atoms with Crippen molar-refractivity contribution < 1.29 is 4.79 Å². The molecule has 0 spiro atoms. The number of aromatic nitrogens is 4. The van der Waals surface area contributed by atoms with E-state index in [1.807, 2.05) is 52.4 Å².